The Morgan fingerprint density at radius 1 is 1.40 bits per heavy atom. The molecule has 4 unspecified atom stereocenters. The Morgan fingerprint density at radius 3 is 2.73 bits per heavy atom. The summed E-state index contributed by atoms with van der Waals surface area (Å²) < 4.78 is 0. The van der Waals surface area contributed by atoms with Crippen LogP contribution in [0.3, 0.4) is 0 Å². The molecule has 0 bridgehead atoms. The first kappa shape index (κ1) is 13.4. The second kappa shape index (κ2) is 6.80. The third-order valence-electron chi connectivity index (χ3n) is 3.65. The standard InChI is InChI=1S/C13H26OS/c1-4-11(3)15-9-13(14)12-7-5-6-10(2)8-12/h10-14H,4-9H2,1-3H3. The third-order valence-corrected chi connectivity index (χ3v) is 5.08. The van der Waals surface area contributed by atoms with Crippen LogP contribution in [0.5, 0.6) is 0 Å². The highest BCUT2D eigenvalue weighted by Crippen LogP contribution is 2.32. The lowest BCUT2D eigenvalue weighted by molar-refractivity contribution is 0.0902. The Kier molecular flexibility index (Phi) is 6.06. The van der Waals surface area contributed by atoms with Gasteiger partial charge in [-0.05, 0) is 31.1 Å². The minimum atomic E-state index is -0.0632. The summed E-state index contributed by atoms with van der Waals surface area (Å²) in [4.78, 5) is 0. The number of aliphatic hydroxyl groups is 1. The summed E-state index contributed by atoms with van der Waals surface area (Å²) in [6, 6.07) is 0. The average Bonchev–Trinajstić information content (AvgIpc) is 2.25. The molecule has 1 rings (SSSR count). The number of rotatable bonds is 5. The lowest BCUT2D eigenvalue weighted by Crippen LogP contribution is -2.28. The Bertz CT molecular complexity index is 172. The van der Waals surface area contributed by atoms with Gasteiger partial charge in [-0.2, -0.15) is 11.8 Å². The van der Waals surface area contributed by atoms with E-state index in [9.17, 15) is 5.11 Å². The van der Waals surface area contributed by atoms with Crippen molar-refractivity contribution in [1.82, 2.24) is 0 Å². The molecule has 1 nitrogen and oxygen atoms in total. The van der Waals surface area contributed by atoms with Crippen molar-refractivity contribution in [3.63, 3.8) is 0 Å². The van der Waals surface area contributed by atoms with E-state index in [-0.39, 0.29) is 6.10 Å². The molecule has 0 aromatic carbocycles. The van der Waals surface area contributed by atoms with Crippen molar-refractivity contribution in [3.8, 4) is 0 Å². The van der Waals surface area contributed by atoms with Crippen molar-refractivity contribution in [3.05, 3.63) is 0 Å². The average molecular weight is 230 g/mol. The molecule has 0 amide bonds. The van der Waals surface area contributed by atoms with Crippen molar-refractivity contribution >= 4 is 11.8 Å². The van der Waals surface area contributed by atoms with Crippen LogP contribution in [0.2, 0.25) is 0 Å². The topological polar surface area (TPSA) is 20.2 Å². The molecule has 90 valence electrons. The molecule has 0 spiro atoms. The SMILES string of the molecule is CCC(C)SCC(O)C1CCCC(C)C1. The molecule has 4 atom stereocenters. The highest BCUT2D eigenvalue weighted by molar-refractivity contribution is 7.99. The quantitative estimate of drug-likeness (QED) is 0.777. The molecule has 1 aliphatic carbocycles. The monoisotopic (exact) mass is 230 g/mol. The molecule has 1 saturated carbocycles. The molecule has 0 aromatic rings. The molecule has 1 aliphatic rings. The van der Waals surface area contributed by atoms with Gasteiger partial charge in [-0.15, -0.1) is 0 Å². The van der Waals surface area contributed by atoms with Crippen LogP contribution >= 0.6 is 11.8 Å². The molecule has 0 aromatic heterocycles. The molecular formula is C13H26OS. The molecule has 15 heavy (non-hydrogen) atoms. The summed E-state index contributed by atoms with van der Waals surface area (Å²) in [6.45, 7) is 6.79. The van der Waals surface area contributed by atoms with E-state index >= 15 is 0 Å². The van der Waals surface area contributed by atoms with Crippen LogP contribution in [0.15, 0.2) is 0 Å². The predicted molar refractivity (Wildman–Crippen MR) is 69.3 cm³/mol. The van der Waals surface area contributed by atoms with E-state index in [1.165, 1.54) is 32.1 Å². The van der Waals surface area contributed by atoms with E-state index in [0.717, 1.165) is 11.7 Å². The molecular weight excluding hydrogens is 204 g/mol. The fraction of sp³-hybridized carbons (Fsp3) is 1.00. The summed E-state index contributed by atoms with van der Waals surface area (Å²) in [5, 5.41) is 10.8. The van der Waals surface area contributed by atoms with Crippen molar-refractivity contribution < 1.29 is 5.11 Å². The van der Waals surface area contributed by atoms with Gasteiger partial charge in [-0.1, -0.05) is 33.6 Å². The van der Waals surface area contributed by atoms with Crippen LogP contribution in [0, 0.1) is 11.8 Å². The smallest absolute Gasteiger partial charge is 0.0658 e. The van der Waals surface area contributed by atoms with Gasteiger partial charge in [0.05, 0.1) is 6.10 Å². The van der Waals surface area contributed by atoms with Gasteiger partial charge in [0.15, 0.2) is 0 Å². The molecule has 1 N–H and O–H groups in total. The van der Waals surface area contributed by atoms with E-state index in [1.54, 1.807) is 0 Å². The fourth-order valence-electron chi connectivity index (χ4n) is 2.35. The van der Waals surface area contributed by atoms with Gasteiger partial charge in [-0.3, -0.25) is 0 Å². The largest absolute Gasteiger partial charge is 0.392 e. The van der Waals surface area contributed by atoms with Crippen molar-refractivity contribution in [2.24, 2.45) is 11.8 Å². The maximum Gasteiger partial charge on any atom is 0.0658 e. The van der Waals surface area contributed by atoms with Crippen LogP contribution in [0.1, 0.15) is 52.9 Å². The van der Waals surface area contributed by atoms with Crippen molar-refractivity contribution in [1.29, 1.82) is 0 Å². The summed E-state index contributed by atoms with van der Waals surface area (Å²) >= 11 is 1.93. The lowest BCUT2D eigenvalue weighted by Gasteiger charge is -2.30. The van der Waals surface area contributed by atoms with Gasteiger partial charge in [0.25, 0.3) is 0 Å². The van der Waals surface area contributed by atoms with Crippen LogP contribution in [0.4, 0.5) is 0 Å². The number of hydrogen-bond acceptors (Lipinski definition) is 2. The zero-order chi connectivity index (χ0) is 11.3. The molecule has 0 aliphatic heterocycles. The minimum absolute atomic E-state index is 0.0632. The Labute approximate surface area is 99.0 Å². The molecule has 0 heterocycles. The van der Waals surface area contributed by atoms with Gasteiger partial charge in [0.1, 0.15) is 0 Å². The maximum atomic E-state index is 10.1. The van der Waals surface area contributed by atoms with Gasteiger partial charge < -0.3 is 5.11 Å². The van der Waals surface area contributed by atoms with Gasteiger partial charge in [0.2, 0.25) is 0 Å². The first-order valence-corrected chi connectivity index (χ1v) is 7.48. The fourth-order valence-corrected chi connectivity index (χ4v) is 3.38. The Balaban J connectivity index is 2.23. The number of thioether (sulfide) groups is 1. The summed E-state index contributed by atoms with van der Waals surface area (Å²) in [5.41, 5.74) is 0. The number of aliphatic hydroxyl groups excluding tert-OH is 1. The van der Waals surface area contributed by atoms with E-state index in [0.29, 0.717) is 11.2 Å². The maximum absolute atomic E-state index is 10.1. The molecule has 1 fully saturated rings. The van der Waals surface area contributed by atoms with Crippen molar-refractivity contribution in [2.75, 3.05) is 5.75 Å². The third kappa shape index (κ3) is 4.78. The van der Waals surface area contributed by atoms with Crippen LogP contribution in [-0.2, 0) is 0 Å². The molecule has 0 saturated heterocycles. The van der Waals surface area contributed by atoms with E-state index < -0.39 is 0 Å². The zero-order valence-electron chi connectivity index (χ0n) is 10.4. The van der Waals surface area contributed by atoms with E-state index in [2.05, 4.69) is 20.8 Å². The van der Waals surface area contributed by atoms with Crippen molar-refractivity contribution in [2.45, 2.75) is 64.2 Å². The highest BCUT2D eigenvalue weighted by Gasteiger charge is 2.25. The summed E-state index contributed by atoms with van der Waals surface area (Å²) in [5.74, 6) is 2.34. The highest BCUT2D eigenvalue weighted by atomic mass is 32.2. The Morgan fingerprint density at radius 2 is 2.13 bits per heavy atom. The minimum Gasteiger partial charge on any atom is -0.392 e. The molecule has 0 radical (unpaired) electrons. The van der Waals surface area contributed by atoms with Crippen LogP contribution in [0.25, 0.3) is 0 Å². The second-order valence-electron chi connectivity index (χ2n) is 5.15. The zero-order valence-corrected chi connectivity index (χ0v) is 11.2. The van der Waals surface area contributed by atoms with Crippen LogP contribution in [-0.4, -0.2) is 22.2 Å². The predicted octanol–water partition coefficient (Wildman–Crippen LogP) is 3.71. The van der Waals surface area contributed by atoms with Crippen LogP contribution < -0.4 is 0 Å². The van der Waals surface area contributed by atoms with Gasteiger partial charge in [-0.25, -0.2) is 0 Å². The lowest BCUT2D eigenvalue weighted by atomic mass is 9.80. The first-order valence-electron chi connectivity index (χ1n) is 6.43. The second-order valence-corrected chi connectivity index (χ2v) is 6.62. The number of hydrogen-bond donors (Lipinski definition) is 1. The first-order chi connectivity index (χ1) is 7.13. The Hall–Kier alpha value is 0.310. The summed E-state index contributed by atoms with van der Waals surface area (Å²) in [6.07, 6.45) is 6.30. The van der Waals surface area contributed by atoms with E-state index in [4.69, 9.17) is 0 Å². The molecule has 2 heteroatoms. The normalized spacial score (nSPS) is 31.2. The van der Waals surface area contributed by atoms with Gasteiger partial charge >= 0.3 is 0 Å². The summed E-state index contributed by atoms with van der Waals surface area (Å²) in [7, 11) is 0. The van der Waals surface area contributed by atoms with Gasteiger partial charge in [0, 0.05) is 11.0 Å². The van der Waals surface area contributed by atoms with E-state index in [1.807, 2.05) is 11.8 Å².